The minimum absolute atomic E-state index is 0.167. The fraction of sp³-hybridized carbons (Fsp3) is 0.250. The first kappa shape index (κ1) is 14.0. The van der Waals surface area contributed by atoms with Gasteiger partial charge < -0.3 is 5.73 Å². The van der Waals surface area contributed by atoms with E-state index in [0.717, 1.165) is 4.88 Å². The molecule has 0 amide bonds. The smallest absolute Gasteiger partial charge is 0.244 e. The van der Waals surface area contributed by atoms with Crippen LogP contribution in [0.25, 0.3) is 0 Å². The molecule has 2 aromatic rings. The number of hydrogen-bond acceptors (Lipinski definition) is 5. The average molecular weight is 297 g/mol. The van der Waals surface area contributed by atoms with E-state index in [4.69, 9.17) is 5.73 Å². The lowest BCUT2D eigenvalue weighted by Gasteiger charge is -2.19. The van der Waals surface area contributed by atoms with E-state index >= 15 is 0 Å². The Hall–Kier alpha value is -1.44. The highest BCUT2D eigenvalue weighted by Gasteiger charge is 2.23. The maximum absolute atomic E-state index is 12.5. The molecule has 2 N–H and O–H groups in total. The highest BCUT2D eigenvalue weighted by Crippen LogP contribution is 2.20. The third-order valence-electron chi connectivity index (χ3n) is 2.66. The summed E-state index contributed by atoms with van der Waals surface area (Å²) in [6, 6.07) is 6.80. The Bertz CT molecular complexity index is 622. The summed E-state index contributed by atoms with van der Waals surface area (Å²) >= 11 is 1.54. The molecule has 0 radical (unpaired) electrons. The quantitative estimate of drug-likeness (QED) is 0.915. The molecular weight excluding hydrogens is 282 g/mol. The number of hydrogen-bond donors (Lipinski definition) is 1. The summed E-state index contributed by atoms with van der Waals surface area (Å²) in [5.74, 6) is 0.306. The highest BCUT2D eigenvalue weighted by atomic mass is 32.2. The Morgan fingerprint density at radius 3 is 2.68 bits per heavy atom. The summed E-state index contributed by atoms with van der Waals surface area (Å²) < 4.78 is 26.3. The van der Waals surface area contributed by atoms with Crippen molar-refractivity contribution < 1.29 is 8.42 Å². The van der Waals surface area contributed by atoms with Crippen LogP contribution in [-0.2, 0) is 16.6 Å². The van der Waals surface area contributed by atoms with Gasteiger partial charge in [-0.1, -0.05) is 13.0 Å². The summed E-state index contributed by atoms with van der Waals surface area (Å²) in [7, 11) is -3.52. The monoisotopic (exact) mass is 297 g/mol. The topological polar surface area (TPSA) is 76.3 Å². The summed E-state index contributed by atoms with van der Waals surface area (Å²) in [4.78, 5) is 5.01. The van der Waals surface area contributed by atoms with Crippen LogP contribution in [0.1, 0.15) is 11.8 Å². The van der Waals surface area contributed by atoms with Crippen molar-refractivity contribution in [3.05, 3.63) is 40.7 Å². The van der Waals surface area contributed by atoms with Crippen LogP contribution in [0, 0.1) is 0 Å². The lowest BCUT2D eigenvalue weighted by atomic mass is 10.4. The van der Waals surface area contributed by atoms with Gasteiger partial charge in [-0.05, 0) is 23.6 Å². The number of sulfonamides is 1. The molecule has 2 rings (SSSR count). The van der Waals surface area contributed by atoms with Gasteiger partial charge in [-0.15, -0.1) is 11.3 Å². The van der Waals surface area contributed by atoms with Crippen molar-refractivity contribution in [2.75, 3.05) is 12.3 Å². The zero-order chi connectivity index (χ0) is 13.9. The number of aromatic nitrogens is 1. The molecule has 7 heteroatoms. The van der Waals surface area contributed by atoms with Crippen LogP contribution in [0.4, 0.5) is 5.82 Å². The fourth-order valence-electron chi connectivity index (χ4n) is 1.64. The molecule has 0 atom stereocenters. The molecule has 102 valence electrons. The first-order valence-electron chi connectivity index (χ1n) is 5.78. The average Bonchev–Trinajstić information content (AvgIpc) is 2.89. The summed E-state index contributed by atoms with van der Waals surface area (Å²) in [5, 5.41) is 1.93. The van der Waals surface area contributed by atoms with Crippen molar-refractivity contribution in [2.45, 2.75) is 18.4 Å². The molecule has 0 saturated heterocycles. The first-order chi connectivity index (χ1) is 9.04. The SMILES string of the molecule is CCN(Cc1cccs1)S(=O)(=O)c1ccc(N)nc1. The van der Waals surface area contributed by atoms with Gasteiger partial charge in [-0.2, -0.15) is 4.31 Å². The van der Waals surface area contributed by atoms with Crippen LogP contribution < -0.4 is 5.73 Å². The normalized spacial score (nSPS) is 11.9. The number of thiophene rings is 1. The zero-order valence-electron chi connectivity index (χ0n) is 10.5. The van der Waals surface area contributed by atoms with E-state index in [2.05, 4.69) is 4.98 Å². The zero-order valence-corrected chi connectivity index (χ0v) is 12.1. The minimum atomic E-state index is -3.52. The Labute approximate surface area is 116 Å². The Balaban J connectivity index is 2.28. The molecule has 0 bridgehead atoms. The lowest BCUT2D eigenvalue weighted by molar-refractivity contribution is 0.426. The van der Waals surface area contributed by atoms with Crippen molar-refractivity contribution in [3.63, 3.8) is 0 Å². The Morgan fingerprint density at radius 1 is 1.37 bits per heavy atom. The van der Waals surface area contributed by atoms with Gasteiger partial charge >= 0.3 is 0 Å². The molecule has 0 spiro atoms. The van der Waals surface area contributed by atoms with E-state index in [1.165, 1.54) is 34.0 Å². The summed E-state index contributed by atoms with van der Waals surface area (Å²) in [6.07, 6.45) is 1.29. The van der Waals surface area contributed by atoms with Crippen molar-refractivity contribution >= 4 is 27.2 Å². The van der Waals surface area contributed by atoms with E-state index in [1.54, 1.807) is 0 Å². The van der Waals surface area contributed by atoms with E-state index < -0.39 is 10.0 Å². The van der Waals surface area contributed by atoms with Crippen LogP contribution in [0.3, 0.4) is 0 Å². The van der Waals surface area contributed by atoms with Crippen LogP contribution in [0.2, 0.25) is 0 Å². The number of nitrogens with zero attached hydrogens (tertiary/aromatic N) is 2. The second kappa shape index (κ2) is 5.68. The Kier molecular flexibility index (Phi) is 4.18. The predicted octanol–water partition coefficient (Wildman–Crippen LogP) is 1.94. The fourth-order valence-corrected chi connectivity index (χ4v) is 3.81. The number of nitrogen functional groups attached to an aromatic ring is 1. The van der Waals surface area contributed by atoms with Gasteiger partial charge in [0, 0.05) is 24.2 Å². The van der Waals surface area contributed by atoms with Crippen LogP contribution in [-0.4, -0.2) is 24.3 Å². The van der Waals surface area contributed by atoms with Crippen LogP contribution in [0.5, 0.6) is 0 Å². The molecule has 0 aliphatic rings. The standard InChI is InChI=1S/C12H15N3O2S2/c1-2-15(9-10-4-3-7-18-10)19(16,17)11-5-6-12(13)14-8-11/h3-8H,2,9H2,1H3,(H2,13,14). The van der Waals surface area contributed by atoms with Gasteiger partial charge in [0.15, 0.2) is 0 Å². The number of rotatable bonds is 5. The molecule has 0 aliphatic carbocycles. The van der Waals surface area contributed by atoms with Gasteiger partial charge in [0.05, 0.1) is 0 Å². The van der Waals surface area contributed by atoms with Crippen molar-refractivity contribution in [1.29, 1.82) is 0 Å². The molecule has 0 fully saturated rings. The molecule has 19 heavy (non-hydrogen) atoms. The minimum Gasteiger partial charge on any atom is -0.384 e. The second-order valence-corrected chi connectivity index (χ2v) is 6.90. The molecule has 2 aromatic heterocycles. The second-order valence-electron chi connectivity index (χ2n) is 3.93. The van der Waals surface area contributed by atoms with Crippen molar-refractivity contribution in [3.8, 4) is 0 Å². The third-order valence-corrected chi connectivity index (χ3v) is 5.43. The van der Waals surface area contributed by atoms with E-state index in [0.29, 0.717) is 18.9 Å². The highest BCUT2D eigenvalue weighted by molar-refractivity contribution is 7.89. The van der Waals surface area contributed by atoms with Crippen LogP contribution >= 0.6 is 11.3 Å². The molecule has 0 aliphatic heterocycles. The van der Waals surface area contributed by atoms with E-state index in [1.807, 2.05) is 24.4 Å². The van der Waals surface area contributed by atoms with Gasteiger partial charge in [0.2, 0.25) is 10.0 Å². The van der Waals surface area contributed by atoms with E-state index in [-0.39, 0.29) is 4.90 Å². The molecule has 0 aromatic carbocycles. The van der Waals surface area contributed by atoms with Crippen molar-refractivity contribution in [2.24, 2.45) is 0 Å². The molecule has 0 unspecified atom stereocenters. The Morgan fingerprint density at radius 2 is 2.16 bits per heavy atom. The molecule has 0 saturated carbocycles. The molecular formula is C12H15N3O2S2. The summed E-state index contributed by atoms with van der Waals surface area (Å²) in [5.41, 5.74) is 5.47. The first-order valence-corrected chi connectivity index (χ1v) is 8.10. The van der Waals surface area contributed by atoms with Crippen molar-refractivity contribution in [1.82, 2.24) is 9.29 Å². The van der Waals surface area contributed by atoms with Gasteiger partial charge in [0.25, 0.3) is 0 Å². The van der Waals surface area contributed by atoms with Gasteiger partial charge in [-0.25, -0.2) is 13.4 Å². The van der Waals surface area contributed by atoms with Gasteiger partial charge in [0.1, 0.15) is 10.7 Å². The molecule has 5 nitrogen and oxygen atoms in total. The largest absolute Gasteiger partial charge is 0.384 e. The van der Waals surface area contributed by atoms with E-state index in [9.17, 15) is 8.42 Å². The number of pyridine rings is 1. The third kappa shape index (κ3) is 3.12. The maximum Gasteiger partial charge on any atom is 0.244 e. The summed E-state index contributed by atoms with van der Waals surface area (Å²) in [6.45, 7) is 2.60. The molecule has 2 heterocycles. The number of nitrogens with two attached hydrogens (primary N) is 1. The lowest BCUT2D eigenvalue weighted by Crippen LogP contribution is -2.30. The number of anilines is 1. The van der Waals surface area contributed by atoms with Gasteiger partial charge in [-0.3, -0.25) is 0 Å². The maximum atomic E-state index is 12.5. The predicted molar refractivity (Wildman–Crippen MR) is 76.2 cm³/mol. The van der Waals surface area contributed by atoms with Crippen LogP contribution in [0.15, 0.2) is 40.7 Å².